The highest BCUT2D eigenvalue weighted by molar-refractivity contribution is 5.69. The van der Waals surface area contributed by atoms with E-state index >= 15 is 0 Å². The third-order valence-corrected chi connectivity index (χ3v) is 2.28. The number of esters is 3. The molecule has 0 rings (SSSR count). The molecule has 0 aliphatic rings. The molecule has 0 atom stereocenters. The van der Waals surface area contributed by atoms with E-state index in [0.717, 1.165) is 0 Å². The Labute approximate surface area is 113 Å². The van der Waals surface area contributed by atoms with Crippen LogP contribution in [0.25, 0.3) is 0 Å². The molecule has 6 heteroatoms. The molecule has 0 N–H and O–H groups in total. The summed E-state index contributed by atoms with van der Waals surface area (Å²) < 4.78 is 14.9. The fraction of sp³-hybridized carbons (Fsp3) is 0.769. The zero-order valence-corrected chi connectivity index (χ0v) is 12.0. The summed E-state index contributed by atoms with van der Waals surface area (Å²) in [7, 11) is 0. The molecular formula is C13H22O6. The van der Waals surface area contributed by atoms with Gasteiger partial charge in [-0.15, -0.1) is 0 Å². The van der Waals surface area contributed by atoms with E-state index in [1.807, 2.05) is 6.92 Å². The summed E-state index contributed by atoms with van der Waals surface area (Å²) in [6.45, 7) is 6.25. The molecule has 19 heavy (non-hydrogen) atoms. The molecule has 0 saturated heterocycles. The first-order valence-electron chi connectivity index (χ1n) is 6.21. The SMILES string of the molecule is CCCC(=O)OCC(C)(COC(C)=O)COC(C)=O. The van der Waals surface area contributed by atoms with Gasteiger partial charge in [0.2, 0.25) is 0 Å². The monoisotopic (exact) mass is 274 g/mol. The average molecular weight is 274 g/mol. The molecule has 0 radical (unpaired) electrons. The Balaban J connectivity index is 4.41. The van der Waals surface area contributed by atoms with Gasteiger partial charge >= 0.3 is 17.9 Å². The lowest BCUT2D eigenvalue weighted by Crippen LogP contribution is -2.36. The van der Waals surface area contributed by atoms with Crippen LogP contribution in [0.5, 0.6) is 0 Å². The van der Waals surface area contributed by atoms with Crippen molar-refractivity contribution in [2.45, 2.75) is 40.5 Å². The van der Waals surface area contributed by atoms with Gasteiger partial charge in [-0.05, 0) is 13.3 Å². The minimum absolute atomic E-state index is 0.0228. The first kappa shape index (κ1) is 17.4. The maximum atomic E-state index is 11.3. The van der Waals surface area contributed by atoms with E-state index in [-0.39, 0.29) is 25.8 Å². The molecule has 0 heterocycles. The smallest absolute Gasteiger partial charge is 0.305 e. The zero-order chi connectivity index (χ0) is 14.9. The maximum absolute atomic E-state index is 11.3. The van der Waals surface area contributed by atoms with Crippen LogP contribution in [0.15, 0.2) is 0 Å². The van der Waals surface area contributed by atoms with Crippen molar-refractivity contribution in [2.24, 2.45) is 5.41 Å². The average Bonchev–Trinajstić information content (AvgIpc) is 2.32. The van der Waals surface area contributed by atoms with Crippen LogP contribution in [0.1, 0.15) is 40.5 Å². The molecule has 0 fully saturated rings. The van der Waals surface area contributed by atoms with Crippen LogP contribution in [0.2, 0.25) is 0 Å². The molecule has 0 unspecified atom stereocenters. The van der Waals surface area contributed by atoms with Crippen LogP contribution < -0.4 is 0 Å². The second-order valence-corrected chi connectivity index (χ2v) is 4.78. The Bertz CT molecular complexity index is 305. The van der Waals surface area contributed by atoms with Crippen LogP contribution in [-0.4, -0.2) is 37.7 Å². The van der Waals surface area contributed by atoms with Gasteiger partial charge in [-0.1, -0.05) is 6.92 Å². The largest absolute Gasteiger partial charge is 0.465 e. The molecule has 0 aromatic carbocycles. The number of hydrogen-bond acceptors (Lipinski definition) is 6. The molecular weight excluding hydrogens is 252 g/mol. The van der Waals surface area contributed by atoms with Gasteiger partial charge in [0.1, 0.15) is 19.8 Å². The Morgan fingerprint density at radius 2 is 1.32 bits per heavy atom. The third-order valence-electron chi connectivity index (χ3n) is 2.28. The van der Waals surface area contributed by atoms with Crippen molar-refractivity contribution < 1.29 is 28.6 Å². The molecule has 0 saturated carbocycles. The lowest BCUT2D eigenvalue weighted by molar-refractivity contribution is -0.158. The summed E-state index contributed by atoms with van der Waals surface area (Å²) in [4.78, 5) is 33.0. The standard InChI is InChI=1S/C13H22O6/c1-5-6-12(16)19-9-13(4,7-17-10(2)14)8-18-11(3)15/h5-9H2,1-4H3. The van der Waals surface area contributed by atoms with Gasteiger partial charge in [-0.3, -0.25) is 14.4 Å². The van der Waals surface area contributed by atoms with E-state index in [0.29, 0.717) is 12.8 Å². The maximum Gasteiger partial charge on any atom is 0.305 e. The van der Waals surface area contributed by atoms with Crippen molar-refractivity contribution in [1.29, 1.82) is 0 Å². The number of carbonyl (C=O) groups excluding carboxylic acids is 3. The summed E-state index contributed by atoms with van der Waals surface area (Å²) in [5.41, 5.74) is -0.735. The number of hydrogen-bond donors (Lipinski definition) is 0. The normalized spacial score (nSPS) is 10.7. The van der Waals surface area contributed by atoms with Crippen molar-refractivity contribution >= 4 is 17.9 Å². The van der Waals surface area contributed by atoms with Crippen molar-refractivity contribution in [1.82, 2.24) is 0 Å². The summed E-state index contributed by atoms with van der Waals surface area (Å²) >= 11 is 0. The number of rotatable bonds is 8. The number of carbonyl (C=O) groups is 3. The fourth-order valence-electron chi connectivity index (χ4n) is 1.21. The van der Waals surface area contributed by atoms with Crippen LogP contribution in [0.4, 0.5) is 0 Å². The van der Waals surface area contributed by atoms with Gasteiger partial charge in [0.05, 0.1) is 5.41 Å². The molecule has 0 aromatic rings. The van der Waals surface area contributed by atoms with Crippen LogP contribution in [0.3, 0.4) is 0 Å². The van der Waals surface area contributed by atoms with Crippen molar-refractivity contribution in [2.75, 3.05) is 19.8 Å². The van der Waals surface area contributed by atoms with E-state index in [9.17, 15) is 14.4 Å². The summed E-state index contributed by atoms with van der Waals surface area (Å²) in [5, 5.41) is 0. The van der Waals surface area contributed by atoms with Gasteiger partial charge < -0.3 is 14.2 Å². The Hall–Kier alpha value is -1.59. The molecule has 0 aromatic heterocycles. The molecule has 110 valence electrons. The lowest BCUT2D eigenvalue weighted by atomic mass is 9.94. The van der Waals surface area contributed by atoms with E-state index in [1.54, 1.807) is 6.92 Å². The topological polar surface area (TPSA) is 78.9 Å². The molecule has 0 spiro atoms. The molecule has 0 aliphatic heterocycles. The molecule has 0 amide bonds. The van der Waals surface area contributed by atoms with Crippen LogP contribution in [-0.2, 0) is 28.6 Å². The second-order valence-electron chi connectivity index (χ2n) is 4.78. The first-order chi connectivity index (χ1) is 8.79. The quantitative estimate of drug-likeness (QED) is 0.492. The van der Waals surface area contributed by atoms with Crippen LogP contribution >= 0.6 is 0 Å². The summed E-state index contributed by atoms with van der Waals surface area (Å²) in [6, 6.07) is 0. The molecule has 0 aliphatic carbocycles. The van der Waals surface area contributed by atoms with Gasteiger partial charge in [-0.2, -0.15) is 0 Å². The Morgan fingerprint density at radius 1 is 0.895 bits per heavy atom. The third kappa shape index (κ3) is 9.04. The van der Waals surface area contributed by atoms with E-state index in [2.05, 4.69) is 0 Å². The predicted octanol–water partition coefficient (Wildman–Crippen LogP) is 1.46. The second kappa shape index (κ2) is 8.50. The van der Waals surface area contributed by atoms with Gasteiger partial charge in [0.25, 0.3) is 0 Å². The Morgan fingerprint density at radius 3 is 1.68 bits per heavy atom. The minimum atomic E-state index is -0.735. The molecule has 6 nitrogen and oxygen atoms in total. The Kier molecular flexibility index (Phi) is 7.79. The van der Waals surface area contributed by atoms with Gasteiger partial charge in [-0.25, -0.2) is 0 Å². The first-order valence-corrected chi connectivity index (χ1v) is 6.21. The highest BCUT2D eigenvalue weighted by Gasteiger charge is 2.29. The summed E-state index contributed by atoms with van der Waals surface area (Å²) in [5.74, 6) is -1.19. The van der Waals surface area contributed by atoms with E-state index in [1.165, 1.54) is 13.8 Å². The lowest BCUT2D eigenvalue weighted by Gasteiger charge is -2.27. The number of ether oxygens (including phenoxy) is 3. The van der Waals surface area contributed by atoms with Crippen molar-refractivity contribution in [3.63, 3.8) is 0 Å². The van der Waals surface area contributed by atoms with Crippen molar-refractivity contribution in [3.05, 3.63) is 0 Å². The highest BCUT2D eigenvalue weighted by atomic mass is 16.6. The van der Waals surface area contributed by atoms with Crippen LogP contribution in [0, 0.1) is 5.41 Å². The van der Waals surface area contributed by atoms with Gasteiger partial charge in [0.15, 0.2) is 0 Å². The van der Waals surface area contributed by atoms with Crippen molar-refractivity contribution in [3.8, 4) is 0 Å². The highest BCUT2D eigenvalue weighted by Crippen LogP contribution is 2.19. The van der Waals surface area contributed by atoms with E-state index < -0.39 is 17.4 Å². The predicted molar refractivity (Wildman–Crippen MR) is 67.2 cm³/mol. The zero-order valence-electron chi connectivity index (χ0n) is 12.0. The van der Waals surface area contributed by atoms with Gasteiger partial charge in [0, 0.05) is 20.3 Å². The molecule has 0 bridgehead atoms. The minimum Gasteiger partial charge on any atom is -0.465 e. The fourth-order valence-corrected chi connectivity index (χ4v) is 1.21. The summed E-state index contributed by atoms with van der Waals surface area (Å²) in [6.07, 6.45) is 1.03. The van der Waals surface area contributed by atoms with E-state index in [4.69, 9.17) is 14.2 Å².